The molecule has 3 N–H and O–H groups in total. The van der Waals surface area contributed by atoms with Gasteiger partial charge in [0.15, 0.2) is 0 Å². The van der Waals surface area contributed by atoms with E-state index < -0.39 is 4.92 Å². The molecule has 0 atom stereocenters. The summed E-state index contributed by atoms with van der Waals surface area (Å²) in [7, 11) is 1.58. The van der Waals surface area contributed by atoms with Crippen molar-refractivity contribution < 1.29 is 14.5 Å². The molecule has 0 aliphatic carbocycles. The van der Waals surface area contributed by atoms with Crippen molar-refractivity contribution in [3.8, 4) is 17.0 Å². The van der Waals surface area contributed by atoms with Crippen molar-refractivity contribution in [1.82, 2.24) is 9.97 Å². The SMILES string of the molecule is COc1ccc(/C(Nc2ccc(-c3c[nH]cn3)cc2)=C2/C(=O)Nc3ccc([N+](=O)[O-])cc32)cc1. The first-order chi connectivity index (χ1) is 16.5. The monoisotopic (exact) mass is 453 g/mol. The summed E-state index contributed by atoms with van der Waals surface area (Å²) in [6, 6.07) is 19.2. The average Bonchev–Trinajstić information content (AvgIpc) is 3.50. The fraction of sp³-hybridized carbons (Fsp3) is 0.0400. The highest BCUT2D eigenvalue weighted by Gasteiger charge is 2.30. The summed E-state index contributed by atoms with van der Waals surface area (Å²) >= 11 is 0. The molecule has 0 radical (unpaired) electrons. The number of aromatic nitrogens is 2. The number of hydrogen-bond donors (Lipinski definition) is 3. The van der Waals surface area contributed by atoms with Crippen LogP contribution < -0.4 is 15.4 Å². The fourth-order valence-corrected chi connectivity index (χ4v) is 3.84. The number of aromatic amines is 1. The van der Waals surface area contributed by atoms with Crippen molar-refractivity contribution in [1.29, 1.82) is 0 Å². The number of nitro groups is 1. The van der Waals surface area contributed by atoms with Gasteiger partial charge in [-0.05, 0) is 48.0 Å². The van der Waals surface area contributed by atoms with Crippen molar-refractivity contribution in [3.63, 3.8) is 0 Å². The van der Waals surface area contributed by atoms with E-state index in [0.29, 0.717) is 28.3 Å². The Balaban J connectivity index is 1.62. The van der Waals surface area contributed by atoms with Crippen LogP contribution in [-0.2, 0) is 4.79 Å². The van der Waals surface area contributed by atoms with Crippen LogP contribution >= 0.6 is 0 Å². The van der Waals surface area contributed by atoms with E-state index in [-0.39, 0.29) is 11.6 Å². The summed E-state index contributed by atoms with van der Waals surface area (Å²) in [6.45, 7) is 0. The molecule has 1 aromatic heterocycles. The van der Waals surface area contributed by atoms with Crippen LogP contribution in [0.4, 0.5) is 17.1 Å². The van der Waals surface area contributed by atoms with Crippen molar-refractivity contribution in [2.24, 2.45) is 0 Å². The molecule has 5 rings (SSSR count). The zero-order chi connectivity index (χ0) is 23.7. The third kappa shape index (κ3) is 3.86. The van der Waals surface area contributed by atoms with Gasteiger partial charge in [-0.15, -0.1) is 0 Å². The maximum atomic E-state index is 13.0. The molecule has 168 valence electrons. The Bertz CT molecular complexity index is 1410. The standard InChI is InChI=1S/C25H19N5O4/c1-34-19-9-4-16(5-10-19)24(28-17-6-2-15(3-7-17)22-13-26-14-27-22)23-20-12-18(30(32)33)8-11-21(20)29-25(23)31/h2-14,28H,1H3,(H,26,27)(H,29,31)/b24-23-. The Labute approximate surface area is 194 Å². The molecule has 9 heteroatoms. The van der Waals surface area contributed by atoms with Gasteiger partial charge in [-0.1, -0.05) is 12.1 Å². The highest BCUT2D eigenvalue weighted by molar-refractivity contribution is 6.37. The highest BCUT2D eigenvalue weighted by atomic mass is 16.6. The van der Waals surface area contributed by atoms with Crippen molar-refractivity contribution in [2.75, 3.05) is 17.7 Å². The number of H-pyrrole nitrogens is 1. The van der Waals surface area contributed by atoms with E-state index >= 15 is 0 Å². The molecule has 0 fully saturated rings. The number of nitrogens with one attached hydrogen (secondary N) is 3. The van der Waals surface area contributed by atoms with Crippen molar-refractivity contribution in [3.05, 3.63) is 100 Å². The zero-order valence-corrected chi connectivity index (χ0v) is 18.0. The first-order valence-corrected chi connectivity index (χ1v) is 10.4. The maximum Gasteiger partial charge on any atom is 0.270 e. The van der Waals surface area contributed by atoms with E-state index in [0.717, 1.165) is 22.5 Å². The largest absolute Gasteiger partial charge is 0.497 e. The lowest BCUT2D eigenvalue weighted by Crippen LogP contribution is -2.10. The van der Waals surface area contributed by atoms with Crippen LogP contribution in [0.1, 0.15) is 11.1 Å². The second kappa shape index (κ2) is 8.55. The number of non-ortho nitro benzene ring substituents is 1. The Morgan fingerprint density at radius 3 is 2.47 bits per heavy atom. The van der Waals surface area contributed by atoms with E-state index in [1.807, 2.05) is 36.4 Å². The lowest BCUT2D eigenvalue weighted by molar-refractivity contribution is -0.384. The summed E-state index contributed by atoms with van der Waals surface area (Å²) in [5.41, 5.74) is 4.95. The first kappa shape index (κ1) is 21.0. The van der Waals surface area contributed by atoms with Gasteiger partial charge in [-0.2, -0.15) is 0 Å². The van der Waals surface area contributed by atoms with Gasteiger partial charge in [0.2, 0.25) is 0 Å². The molecular weight excluding hydrogens is 434 g/mol. The van der Waals surface area contributed by atoms with E-state index in [1.54, 1.807) is 37.8 Å². The summed E-state index contributed by atoms with van der Waals surface area (Å²) in [5.74, 6) is 0.324. The number of nitro benzene ring substituents is 1. The minimum Gasteiger partial charge on any atom is -0.497 e. The first-order valence-electron chi connectivity index (χ1n) is 10.4. The minimum absolute atomic E-state index is 0.0924. The second-order valence-corrected chi connectivity index (χ2v) is 7.58. The summed E-state index contributed by atoms with van der Waals surface area (Å²) < 4.78 is 5.26. The van der Waals surface area contributed by atoms with Crippen LogP contribution in [0, 0.1) is 10.1 Å². The number of hydrogen-bond acceptors (Lipinski definition) is 6. The Morgan fingerprint density at radius 1 is 1.06 bits per heavy atom. The van der Waals surface area contributed by atoms with Crippen LogP contribution in [-0.4, -0.2) is 27.9 Å². The third-order valence-corrected chi connectivity index (χ3v) is 5.54. The molecule has 34 heavy (non-hydrogen) atoms. The van der Waals surface area contributed by atoms with Gasteiger partial charge in [-0.25, -0.2) is 4.98 Å². The highest BCUT2D eigenvalue weighted by Crippen LogP contribution is 2.39. The number of carbonyl (C=O) groups excluding carboxylic acids is 1. The minimum atomic E-state index is -0.477. The molecule has 0 bridgehead atoms. The van der Waals surface area contributed by atoms with Crippen LogP contribution in [0.25, 0.3) is 22.5 Å². The normalized spacial score (nSPS) is 13.7. The molecule has 0 unspecified atom stereocenters. The second-order valence-electron chi connectivity index (χ2n) is 7.58. The molecule has 4 aromatic rings. The van der Waals surface area contributed by atoms with E-state index in [2.05, 4.69) is 20.6 Å². The lowest BCUT2D eigenvalue weighted by atomic mass is 9.99. The van der Waals surface area contributed by atoms with Crippen LogP contribution in [0.2, 0.25) is 0 Å². The fourth-order valence-electron chi connectivity index (χ4n) is 3.84. The Hall–Kier alpha value is -4.92. The predicted octanol–water partition coefficient (Wildman–Crippen LogP) is 4.93. The van der Waals surface area contributed by atoms with E-state index in [1.165, 1.54) is 12.1 Å². The zero-order valence-electron chi connectivity index (χ0n) is 18.0. The van der Waals surface area contributed by atoms with Crippen LogP contribution in [0.15, 0.2) is 79.3 Å². The number of imidazole rings is 1. The predicted molar refractivity (Wildman–Crippen MR) is 129 cm³/mol. The molecule has 0 spiro atoms. The number of amides is 1. The Kier molecular flexibility index (Phi) is 5.27. The van der Waals surface area contributed by atoms with Crippen LogP contribution in [0.3, 0.4) is 0 Å². The van der Waals surface area contributed by atoms with Gasteiger partial charge in [0.25, 0.3) is 11.6 Å². The molecule has 3 aromatic carbocycles. The van der Waals surface area contributed by atoms with Crippen molar-refractivity contribution >= 4 is 34.2 Å². The molecule has 2 heterocycles. The topological polar surface area (TPSA) is 122 Å². The van der Waals surface area contributed by atoms with Gasteiger partial charge in [0.05, 0.1) is 35.3 Å². The average molecular weight is 453 g/mol. The number of ether oxygens (including phenoxy) is 1. The molecular formula is C25H19N5O4. The van der Waals surface area contributed by atoms with Gasteiger partial charge >= 0.3 is 0 Å². The Morgan fingerprint density at radius 2 is 1.82 bits per heavy atom. The lowest BCUT2D eigenvalue weighted by Gasteiger charge is -2.15. The summed E-state index contributed by atoms with van der Waals surface area (Å²) in [4.78, 5) is 31.1. The summed E-state index contributed by atoms with van der Waals surface area (Å²) in [5, 5.41) is 17.5. The quantitative estimate of drug-likeness (QED) is 0.216. The summed E-state index contributed by atoms with van der Waals surface area (Å²) in [6.07, 6.45) is 3.42. The number of rotatable bonds is 6. The number of benzene rings is 3. The smallest absolute Gasteiger partial charge is 0.270 e. The maximum absolute atomic E-state index is 13.0. The van der Waals surface area contributed by atoms with E-state index in [4.69, 9.17) is 4.74 Å². The molecule has 9 nitrogen and oxygen atoms in total. The number of nitrogens with zero attached hydrogens (tertiary/aromatic N) is 2. The van der Waals surface area contributed by atoms with Gasteiger partial charge < -0.3 is 20.4 Å². The van der Waals surface area contributed by atoms with Gasteiger partial charge in [0.1, 0.15) is 5.75 Å². The van der Waals surface area contributed by atoms with Gasteiger partial charge in [-0.3, -0.25) is 14.9 Å². The molecule has 0 saturated heterocycles. The number of methoxy groups -OCH3 is 1. The molecule has 1 aliphatic heterocycles. The number of fused-ring (bicyclic) bond motifs is 1. The molecule has 1 amide bonds. The molecule has 1 aliphatic rings. The van der Waals surface area contributed by atoms with E-state index in [9.17, 15) is 14.9 Å². The third-order valence-electron chi connectivity index (χ3n) is 5.54. The van der Waals surface area contributed by atoms with Crippen LogP contribution in [0.5, 0.6) is 5.75 Å². The molecule has 0 saturated carbocycles. The number of anilines is 2. The van der Waals surface area contributed by atoms with Gasteiger partial charge in [0, 0.05) is 40.8 Å². The number of carbonyl (C=O) groups is 1. The van der Waals surface area contributed by atoms with Crippen molar-refractivity contribution in [2.45, 2.75) is 0 Å².